The molecule has 0 unspecified atom stereocenters. The zero-order valence-electron chi connectivity index (χ0n) is 12.2. The van der Waals surface area contributed by atoms with E-state index in [9.17, 15) is 24.4 Å². The molecule has 4 atom stereocenters. The number of hydrogen-bond donors (Lipinski definition) is 4. The van der Waals surface area contributed by atoms with E-state index < -0.39 is 50.3 Å². The highest BCUT2D eigenvalue weighted by molar-refractivity contribution is 7.46. The number of ether oxygens (including phenoxy) is 1. The van der Waals surface area contributed by atoms with E-state index in [1.165, 1.54) is 14.1 Å². The zero-order chi connectivity index (χ0) is 17.5. The highest BCUT2D eigenvalue weighted by Crippen LogP contribution is 2.38. The van der Waals surface area contributed by atoms with Crippen LogP contribution in [-0.2, 0) is 27.9 Å². The van der Waals surface area contributed by atoms with E-state index in [1.807, 2.05) is 0 Å². The van der Waals surface area contributed by atoms with Crippen molar-refractivity contribution >= 4 is 7.82 Å². The Kier molecular flexibility index (Phi) is 4.87. The van der Waals surface area contributed by atoms with Crippen LogP contribution in [0.15, 0.2) is 15.9 Å². The molecule has 0 saturated carbocycles. The molecule has 1 aliphatic heterocycles. The molecule has 0 aliphatic carbocycles. The number of aryl methyl sites for hydroxylation is 1. The molecule has 0 bridgehead atoms. The van der Waals surface area contributed by atoms with Gasteiger partial charge < -0.3 is 24.7 Å². The third-order valence-electron chi connectivity index (χ3n) is 3.41. The highest BCUT2D eigenvalue weighted by atomic mass is 31.2. The number of hydrogen-bond acceptors (Lipinski definition) is 7. The standard InChI is InChI=1S/C10H16N3O9P/c1-11-4-13(10(17)12(2)9(11)16)8-7(15)6(14)5(22-8)3-21-23(18,19)20/h4-8,14-15H,3H2,1-2H3,(H-,18,19,20)/p+1/t5-,6-,7-,8-/m1/s1. The van der Waals surface area contributed by atoms with Crippen molar-refractivity contribution < 1.29 is 38.4 Å². The van der Waals surface area contributed by atoms with Crippen LogP contribution in [0.5, 0.6) is 0 Å². The van der Waals surface area contributed by atoms with E-state index in [2.05, 4.69) is 4.52 Å². The number of rotatable bonds is 4. The second-order valence-electron chi connectivity index (χ2n) is 5.09. The summed E-state index contributed by atoms with van der Waals surface area (Å²) in [4.78, 5) is 41.0. The fourth-order valence-corrected chi connectivity index (χ4v) is 2.56. The number of phosphoric acid groups is 1. The molecule has 0 amide bonds. The molecule has 0 radical (unpaired) electrons. The summed E-state index contributed by atoms with van der Waals surface area (Å²) in [6.07, 6.45) is -4.62. The first kappa shape index (κ1) is 17.9. The van der Waals surface area contributed by atoms with Crippen LogP contribution >= 0.6 is 7.82 Å². The van der Waals surface area contributed by atoms with Gasteiger partial charge in [0.25, 0.3) is 0 Å². The van der Waals surface area contributed by atoms with E-state index in [4.69, 9.17) is 14.5 Å². The van der Waals surface area contributed by atoms with Crippen LogP contribution in [0.1, 0.15) is 6.23 Å². The molecule has 1 aliphatic rings. The summed E-state index contributed by atoms with van der Waals surface area (Å²) in [5, 5.41) is 19.9. The van der Waals surface area contributed by atoms with Crippen molar-refractivity contribution in [1.82, 2.24) is 9.13 Å². The van der Waals surface area contributed by atoms with Gasteiger partial charge in [0.05, 0.1) is 20.7 Å². The van der Waals surface area contributed by atoms with Gasteiger partial charge in [-0.25, -0.2) is 18.7 Å². The number of phosphoric ester groups is 1. The van der Waals surface area contributed by atoms with Crippen molar-refractivity contribution in [1.29, 1.82) is 0 Å². The van der Waals surface area contributed by atoms with E-state index in [-0.39, 0.29) is 0 Å². The summed E-state index contributed by atoms with van der Waals surface area (Å²) < 4.78 is 22.9. The van der Waals surface area contributed by atoms with Crippen LogP contribution in [0.25, 0.3) is 0 Å². The van der Waals surface area contributed by atoms with Crippen LogP contribution in [-0.4, -0.2) is 54.1 Å². The van der Waals surface area contributed by atoms with Gasteiger partial charge in [0.2, 0.25) is 12.6 Å². The second-order valence-corrected chi connectivity index (χ2v) is 6.33. The normalized spacial score (nSPS) is 28.3. The Morgan fingerprint density at radius 1 is 1.35 bits per heavy atom. The maximum Gasteiger partial charge on any atom is 0.469 e. The third-order valence-corrected chi connectivity index (χ3v) is 3.90. The fourth-order valence-electron chi connectivity index (χ4n) is 2.22. The largest absolute Gasteiger partial charge is 0.469 e. The smallest absolute Gasteiger partial charge is 0.387 e. The molecular formula is C10H17N3O9P+. The summed E-state index contributed by atoms with van der Waals surface area (Å²) >= 11 is 0. The average Bonchev–Trinajstić information content (AvgIpc) is 2.74. The van der Waals surface area contributed by atoms with E-state index in [0.717, 1.165) is 20.0 Å². The Hall–Kier alpha value is -1.40. The van der Waals surface area contributed by atoms with Crippen LogP contribution in [0.2, 0.25) is 0 Å². The van der Waals surface area contributed by atoms with E-state index in [0.29, 0.717) is 0 Å². The highest BCUT2D eigenvalue weighted by Gasteiger charge is 2.47. The number of aromatic nitrogens is 3. The molecule has 1 fully saturated rings. The first-order chi connectivity index (χ1) is 10.5. The van der Waals surface area contributed by atoms with Crippen LogP contribution in [0.3, 0.4) is 0 Å². The summed E-state index contributed by atoms with van der Waals surface area (Å²) in [5.74, 6) is 0. The number of nitrogens with zero attached hydrogens (tertiary/aromatic N) is 3. The zero-order valence-corrected chi connectivity index (χ0v) is 13.1. The van der Waals surface area contributed by atoms with Crippen molar-refractivity contribution in [3.05, 3.63) is 27.3 Å². The maximum absolute atomic E-state index is 12.1. The molecular weight excluding hydrogens is 337 g/mol. The minimum absolute atomic E-state index is 0.597. The van der Waals surface area contributed by atoms with Gasteiger partial charge in [-0.1, -0.05) is 0 Å². The Bertz CT molecular complexity index is 753. The molecule has 0 spiro atoms. The average molecular weight is 354 g/mol. The Morgan fingerprint density at radius 2 is 1.96 bits per heavy atom. The summed E-state index contributed by atoms with van der Waals surface area (Å²) in [7, 11) is -2.17. The van der Waals surface area contributed by atoms with Gasteiger partial charge in [-0.05, 0) is 0 Å². The van der Waals surface area contributed by atoms with Gasteiger partial charge in [0, 0.05) is 0 Å². The SMILES string of the molecule is Cn1c(=O)n([C@@H]2O[C@H](COP(=O)(O)O)[C@@H](O)[C@H]2O)c[n+](C)c1=O. The predicted molar refractivity (Wildman–Crippen MR) is 71.0 cm³/mol. The van der Waals surface area contributed by atoms with Crippen molar-refractivity contribution in [2.45, 2.75) is 24.5 Å². The quantitative estimate of drug-likeness (QED) is 0.312. The summed E-state index contributed by atoms with van der Waals surface area (Å²) in [6.45, 7) is -0.689. The minimum Gasteiger partial charge on any atom is -0.387 e. The number of aliphatic hydroxyl groups excluding tert-OH is 2. The molecule has 12 nitrogen and oxygen atoms in total. The molecule has 130 valence electrons. The number of aliphatic hydroxyl groups is 2. The third kappa shape index (κ3) is 3.58. The van der Waals surface area contributed by atoms with Crippen LogP contribution in [0, 0.1) is 0 Å². The Balaban J connectivity index is 2.30. The Labute approximate surface area is 129 Å². The van der Waals surface area contributed by atoms with Gasteiger partial charge in [0.1, 0.15) is 18.3 Å². The lowest BCUT2D eigenvalue weighted by Gasteiger charge is -2.14. The molecule has 2 rings (SSSR count). The predicted octanol–water partition coefficient (Wildman–Crippen LogP) is -3.90. The van der Waals surface area contributed by atoms with Gasteiger partial charge in [0.15, 0.2) is 0 Å². The van der Waals surface area contributed by atoms with Crippen LogP contribution < -0.4 is 15.9 Å². The molecule has 1 aromatic heterocycles. The molecule has 0 aromatic carbocycles. The van der Waals surface area contributed by atoms with Crippen molar-refractivity contribution in [3.8, 4) is 0 Å². The monoisotopic (exact) mass is 354 g/mol. The van der Waals surface area contributed by atoms with Gasteiger partial charge in [-0.15, -0.1) is 0 Å². The molecule has 2 heterocycles. The van der Waals surface area contributed by atoms with Crippen molar-refractivity contribution in [3.63, 3.8) is 0 Å². The van der Waals surface area contributed by atoms with E-state index >= 15 is 0 Å². The van der Waals surface area contributed by atoms with Crippen molar-refractivity contribution in [2.75, 3.05) is 6.61 Å². The first-order valence-corrected chi connectivity index (χ1v) is 7.95. The van der Waals surface area contributed by atoms with Gasteiger partial charge in [-0.3, -0.25) is 4.52 Å². The Morgan fingerprint density at radius 3 is 2.52 bits per heavy atom. The lowest BCUT2D eigenvalue weighted by molar-refractivity contribution is -0.696. The molecule has 1 saturated heterocycles. The molecule has 4 N–H and O–H groups in total. The van der Waals surface area contributed by atoms with Crippen molar-refractivity contribution in [2.24, 2.45) is 14.1 Å². The maximum atomic E-state index is 12.1. The van der Waals surface area contributed by atoms with Crippen LogP contribution in [0.4, 0.5) is 0 Å². The lowest BCUT2D eigenvalue weighted by atomic mass is 10.1. The summed E-state index contributed by atoms with van der Waals surface area (Å²) in [5.41, 5.74) is -1.39. The summed E-state index contributed by atoms with van der Waals surface area (Å²) in [6, 6.07) is 0. The van der Waals surface area contributed by atoms with Gasteiger partial charge in [-0.2, -0.15) is 9.13 Å². The lowest BCUT2D eigenvalue weighted by Crippen LogP contribution is -2.58. The fraction of sp³-hybridized carbons (Fsp3) is 0.700. The second kappa shape index (κ2) is 6.24. The molecule has 1 aromatic rings. The van der Waals surface area contributed by atoms with Gasteiger partial charge >= 0.3 is 19.2 Å². The van der Waals surface area contributed by atoms with E-state index in [1.54, 1.807) is 0 Å². The molecule has 23 heavy (non-hydrogen) atoms. The molecule has 13 heteroatoms. The topological polar surface area (TPSA) is 164 Å². The minimum atomic E-state index is -4.78. The first-order valence-electron chi connectivity index (χ1n) is 6.42.